The lowest BCUT2D eigenvalue weighted by Gasteiger charge is -2.27. The van der Waals surface area contributed by atoms with E-state index in [0.29, 0.717) is 12.6 Å². The number of benzene rings is 1. The summed E-state index contributed by atoms with van der Waals surface area (Å²) >= 11 is 0. The van der Waals surface area contributed by atoms with Crippen molar-refractivity contribution in [2.75, 3.05) is 38.2 Å². The number of anilines is 1. The van der Waals surface area contributed by atoms with E-state index >= 15 is 0 Å². The minimum Gasteiger partial charge on any atom is -0.396 e. The maximum absolute atomic E-state index is 8.82. The first kappa shape index (κ1) is 20.0. The third-order valence-electron chi connectivity index (χ3n) is 4.47. The van der Waals surface area contributed by atoms with Crippen LogP contribution in [0.1, 0.15) is 52.4 Å². The second-order valence-corrected chi connectivity index (χ2v) is 6.73. The molecule has 0 aliphatic heterocycles. The van der Waals surface area contributed by atoms with Crippen LogP contribution in [0.2, 0.25) is 0 Å². The Kier molecular flexibility index (Phi) is 10.8. The molecule has 0 spiro atoms. The molecule has 132 valence electrons. The first-order valence-electron chi connectivity index (χ1n) is 9.26. The standard InChI is InChI=1S/C20H36N2O/c1-19(2)22(16-9-4-5-12-18-23)17-11-10-15-21(3)20-13-7-6-8-14-20/h6-8,13-14,19,23H,4-5,9-12,15-18H2,1-3H3. The largest absolute Gasteiger partial charge is 0.396 e. The number of para-hydroxylation sites is 1. The van der Waals surface area contributed by atoms with Crippen LogP contribution in [0.4, 0.5) is 5.69 Å². The molecule has 0 unspecified atom stereocenters. The Hall–Kier alpha value is -1.06. The van der Waals surface area contributed by atoms with Crippen LogP contribution >= 0.6 is 0 Å². The fraction of sp³-hybridized carbons (Fsp3) is 0.700. The number of aliphatic hydroxyl groups excluding tert-OH is 1. The number of unbranched alkanes of at least 4 members (excludes halogenated alkanes) is 4. The summed E-state index contributed by atoms with van der Waals surface area (Å²) in [5, 5.41) is 8.82. The molecule has 23 heavy (non-hydrogen) atoms. The normalized spacial score (nSPS) is 11.4. The monoisotopic (exact) mass is 320 g/mol. The second kappa shape index (κ2) is 12.4. The third-order valence-corrected chi connectivity index (χ3v) is 4.47. The van der Waals surface area contributed by atoms with E-state index in [1.807, 2.05) is 0 Å². The van der Waals surface area contributed by atoms with Crippen LogP contribution in [-0.2, 0) is 0 Å². The summed E-state index contributed by atoms with van der Waals surface area (Å²) in [6.07, 6.45) is 7.09. The molecule has 0 aliphatic rings. The summed E-state index contributed by atoms with van der Waals surface area (Å²) in [5.41, 5.74) is 1.30. The van der Waals surface area contributed by atoms with Gasteiger partial charge in [0.1, 0.15) is 0 Å². The Balaban J connectivity index is 2.17. The minimum atomic E-state index is 0.336. The van der Waals surface area contributed by atoms with Crippen LogP contribution in [0.15, 0.2) is 30.3 Å². The van der Waals surface area contributed by atoms with Crippen molar-refractivity contribution in [2.45, 2.75) is 58.4 Å². The molecule has 0 atom stereocenters. The van der Waals surface area contributed by atoms with Crippen molar-refractivity contribution in [3.63, 3.8) is 0 Å². The third kappa shape index (κ3) is 8.97. The van der Waals surface area contributed by atoms with Crippen molar-refractivity contribution >= 4 is 5.69 Å². The molecule has 0 aliphatic carbocycles. The molecule has 3 nitrogen and oxygen atoms in total. The lowest BCUT2D eigenvalue weighted by atomic mass is 10.1. The number of rotatable bonds is 13. The zero-order chi connectivity index (χ0) is 16.9. The number of hydrogen-bond acceptors (Lipinski definition) is 3. The molecular formula is C20H36N2O. The predicted molar refractivity (Wildman–Crippen MR) is 101 cm³/mol. The van der Waals surface area contributed by atoms with Gasteiger partial charge in [-0.15, -0.1) is 0 Å². The minimum absolute atomic E-state index is 0.336. The molecule has 1 N–H and O–H groups in total. The maximum atomic E-state index is 8.82. The zero-order valence-electron chi connectivity index (χ0n) is 15.4. The zero-order valence-corrected chi connectivity index (χ0v) is 15.4. The van der Waals surface area contributed by atoms with Crippen LogP contribution in [0.3, 0.4) is 0 Å². The lowest BCUT2D eigenvalue weighted by Crippen LogP contribution is -2.33. The number of aliphatic hydroxyl groups is 1. The van der Waals surface area contributed by atoms with Crippen molar-refractivity contribution in [1.29, 1.82) is 0 Å². The Morgan fingerprint density at radius 3 is 2.00 bits per heavy atom. The summed E-state index contributed by atoms with van der Waals surface area (Å²) in [4.78, 5) is 4.94. The van der Waals surface area contributed by atoms with Crippen LogP contribution in [-0.4, -0.2) is 49.3 Å². The van der Waals surface area contributed by atoms with Gasteiger partial charge in [-0.3, -0.25) is 0 Å². The van der Waals surface area contributed by atoms with Crippen molar-refractivity contribution in [2.24, 2.45) is 0 Å². The molecule has 0 saturated heterocycles. The second-order valence-electron chi connectivity index (χ2n) is 6.73. The smallest absolute Gasteiger partial charge is 0.0431 e. The number of hydrogen-bond donors (Lipinski definition) is 1. The summed E-state index contributed by atoms with van der Waals surface area (Å²) < 4.78 is 0. The summed E-state index contributed by atoms with van der Waals surface area (Å²) in [7, 11) is 2.18. The van der Waals surface area contributed by atoms with Crippen molar-refractivity contribution in [3.8, 4) is 0 Å². The van der Waals surface area contributed by atoms with Crippen molar-refractivity contribution < 1.29 is 5.11 Å². The summed E-state index contributed by atoms with van der Waals surface area (Å²) in [6.45, 7) is 8.43. The van der Waals surface area contributed by atoms with E-state index < -0.39 is 0 Å². The molecule has 0 heterocycles. The quantitative estimate of drug-likeness (QED) is 0.553. The van der Waals surface area contributed by atoms with Gasteiger partial charge in [-0.05, 0) is 64.8 Å². The lowest BCUT2D eigenvalue weighted by molar-refractivity contribution is 0.211. The van der Waals surface area contributed by atoms with Crippen LogP contribution in [0.25, 0.3) is 0 Å². The molecule has 0 aromatic heterocycles. The van der Waals surface area contributed by atoms with E-state index in [9.17, 15) is 0 Å². The Morgan fingerprint density at radius 2 is 1.39 bits per heavy atom. The molecule has 0 amide bonds. The molecule has 1 rings (SSSR count). The van der Waals surface area contributed by atoms with Gasteiger partial charge >= 0.3 is 0 Å². The molecular weight excluding hydrogens is 284 g/mol. The Bertz CT molecular complexity index is 380. The van der Waals surface area contributed by atoms with Crippen molar-refractivity contribution in [3.05, 3.63) is 30.3 Å². The fourth-order valence-electron chi connectivity index (χ4n) is 2.88. The average molecular weight is 321 g/mol. The van der Waals surface area contributed by atoms with Gasteiger partial charge in [-0.1, -0.05) is 31.0 Å². The van der Waals surface area contributed by atoms with E-state index in [2.05, 4.69) is 61.0 Å². The van der Waals surface area contributed by atoms with Gasteiger partial charge < -0.3 is 14.9 Å². The summed E-state index contributed by atoms with van der Waals surface area (Å²) in [6, 6.07) is 11.2. The number of nitrogens with zero attached hydrogens (tertiary/aromatic N) is 2. The molecule has 0 saturated carbocycles. The first-order chi connectivity index (χ1) is 11.1. The summed E-state index contributed by atoms with van der Waals surface area (Å²) in [5.74, 6) is 0. The van der Waals surface area contributed by atoms with Crippen LogP contribution in [0.5, 0.6) is 0 Å². The maximum Gasteiger partial charge on any atom is 0.0431 e. The van der Waals surface area contributed by atoms with Gasteiger partial charge in [-0.25, -0.2) is 0 Å². The van der Waals surface area contributed by atoms with Gasteiger partial charge in [0.2, 0.25) is 0 Å². The van der Waals surface area contributed by atoms with Gasteiger partial charge in [0, 0.05) is 31.9 Å². The highest BCUT2D eigenvalue weighted by molar-refractivity contribution is 5.44. The highest BCUT2D eigenvalue weighted by atomic mass is 16.2. The molecule has 0 bridgehead atoms. The van der Waals surface area contributed by atoms with E-state index in [1.165, 1.54) is 44.5 Å². The van der Waals surface area contributed by atoms with Gasteiger partial charge in [0.15, 0.2) is 0 Å². The molecule has 1 aromatic rings. The predicted octanol–water partition coefficient (Wildman–Crippen LogP) is 4.17. The van der Waals surface area contributed by atoms with E-state index in [4.69, 9.17) is 5.11 Å². The molecule has 1 aromatic carbocycles. The Morgan fingerprint density at radius 1 is 0.826 bits per heavy atom. The van der Waals surface area contributed by atoms with Crippen molar-refractivity contribution in [1.82, 2.24) is 4.90 Å². The van der Waals surface area contributed by atoms with Gasteiger partial charge in [0.25, 0.3) is 0 Å². The topological polar surface area (TPSA) is 26.7 Å². The average Bonchev–Trinajstić information content (AvgIpc) is 2.56. The van der Waals surface area contributed by atoms with Gasteiger partial charge in [0.05, 0.1) is 0 Å². The van der Waals surface area contributed by atoms with E-state index in [0.717, 1.165) is 19.4 Å². The molecule has 0 radical (unpaired) electrons. The fourth-order valence-corrected chi connectivity index (χ4v) is 2.88. The van der Waals surface area contributed by atoms with E-state index in [1.54, 1.807) is 0 Å². The molecule has 0 fully saturated rings. The van der Waals surface area contributed by atoms with Gasteiger partial charge in [-0.2, -0.15) is 0 Å². The highest BCUT2D eigenvalue weighted by Gasteiger charge is 2.09. The first-order valence-corrected chi connectivity index (χ1v) is 9.26. The highest BCUT2D eigenvalue weighted by Crippen LogP contribution is 2.12. The van der Waals surface area contributed by atoms with E-state index in [-0.39, 0.29) is 0 Å². The Labute approximate surface area is 143 Å². The van der Waals surface area contributed by atoms with Crippen LogP contribution < -0.4 is 4.90 Å². The van der Waals surface area contributed by atoms with Crippen LogP contribution in [0, 0.1) is 0 Å². The molecule has 3 heteroatoms. The SMILES string of the molecule is CC(C)N(CCCCCCO)CCCCN(C)c1ccccc1.